The Kier molecular flexibility index (Phi) is 26.1. The van der Waals surface area contributed by atoms with E-state index in [9.17, 15) is 37.1 Å². The number of halogens is 3. The summed E-state index contributed by atoms with van der Waals surface area (Å²) in [5, 5.41) is 8.30. The third kappa shape index (κ3) is 31.6. The molecular formula is C42H71F3O15. The molecule has 1 N–H and O–H groups in total. The summed E-state index contributed by atoms with van der Waals surface area (Å²) in [6, 6.07) is 0. The number of esters is 4. The van der Waals surface area contributed by atoms with Gasteiger partial charge in [0, 0.05) is 13.5 Å². The van der Waals surface area contributed by atoms with Crippen LogP contribution in [0.25, 0.3) is 0 Å². The number of carbonyl (C=O) groups excluding carboxylic acids is 4. The molecule has 1 aliphatic heterocycles. The van der Waals surface area contributed by atoms with Crippen LogP contribution >= 0.6 is 0 Å². The lowest BCUT2D eigenvalue weighted by molar-refractivity contribution is -0.191. The highest BCUT2D eigenvalue weighted by Crippen LogP contribution is 2.33. The van der Waals surface area contributed by atoms with Gasteiger partial charge < -0.3 is 47.1 Å². The van der Waals surface area contributed by atoms with E-state index in [0.717, 1.165) is 17.9 Å². The topological polar surface area (TPSA) is 196 Å². The van der Waals surface area contributed by atoms with Crippen molar-refractivity contribution in [3.8, 4) is 0 Å². The van der Waals surface area contributed by atoms with Gasteiger partial charge in [0.1, 0.15) is 24.7 Å². The number of rotatable bonds is 9. The van der Waals surface area contributed by atoms with Crippen molar-refractivity contribution in [2.24, 2.45) is 27.1 Å². The predicted molar refractivity (Wildman–Crippen MR) is 216 cm³/mol. The fourth-order valence-corrected chi connectivity index (χ4v) is 3.11. The van der Waals surface area contributed by atoms with Gasteiger partial charge in [-0.15, -0.1) is 0 Å². The minimum atomic E-state index is -4.44. The Morgan fingerprint density at radius 2 is 1.05 bits per heavy atom. The number of aliphatic hydroxyl groups excluding tert-OH is 1. The second kappa shape index (κ2) is 26.1. The molecule has 0 aromatic carbocycles. The smallest absolute Gasteiger partial charge is 0.463 e. The molecule has 18 heteroatoms. The van der Waals surface area contributed by atoms with E-state index in [1.54, 1.807) is 55.6 Å². The van der Waals surface area contributed by atoms with Gasteiger partial charge in [-0.2, -0.15) is 13.2 Å². The molecule has 2 rings (SSSR count). The summed E-state index contributed by atoms with van der Waals surface area (Å²) in [5.74, 6) is 0.282. The largest absolute Gasteiger partial charge is 0.519 e. The number of alkyl halides is 3. The second-order valence-corrected chi connectivity index (χ2v) is 18.5. The monoisotopic (exact) mass is 872 g/mol. The second-order valence-electron chi connectivity index (χ2n) is 18.5. The normalized spacial score (nSPS) is 12.9. The molecule has 0 atom stereocenters. The Balaban J connectivity index is -0.000000682. The summed E-state index contributed by atoms with van der Waals surface area (Å²) in [4.78, 5) is 54.8. The molecule has 0 aliphatic carbocycles. The van der Waals surface area contributed by atoms with Crippen molar-refractivity contribution in [1.82, 2.24) is 0 Å². The van der Waals surface area contributed by atoms with E-state index >= 15 is 0 Å². The first-order valence-corrected chi connectivity index (χ1v) is 19.0. The molecule has 0 spiro atoms. The highest BCUT2D eigenvalue weighted by molar-refractivity contribution is 5.76. The van der Waals surface area contributed by atoms with Crippen molar-refractivity contribution in [2.75, 3.05) is 40.1 Å². The van der Waals surface area contributed by atoms with E-state index in [2.05, 4.69) is 45.7 Å². The molecule has 2 heterocycles. The van der Waals surface area contributed by atoms with E-state index in [1.807, 2.05) is 27.7 Å². The van der Waals surface area contributed by atoms with Crippen molar-refractivity contribution in [3.63, 3.8) is 0 Å². The van der Waals surface area contributed by atoms with Gasteiger partial charge in [0.15, 0.2) is 24.7 Å². The summed E-state index contributed by atoms with van der Waals surface area (Å²) in [5.41, 5.74) is -2.10. The first-order valence-electron chi connectivity index (χ1n) is 19.0. The maximum absolute atomic E-state index is 11.5. The predicted octanol–water partition coefficient (Wildman–Crippen LogP) is 8.73. The molecule has 0 fully saturated rings. The van der Waals surface area contributed by atoms with Crippen molar-refractivity contribution in [1.29, 1.82) is 0 Å². The Bertz CT molecular complexity index is 1570. The van der Waals surface area contributed by atoms with E-state index in [-0.39, 0.29) is 48.9 Å². The number of aryl methyl sites for hydroxylation is 1. The lowest BCUT2D eigenvalue weighted by Crippen LogP contribution is -2.28. The molecular weight excluding hydrogens is 801 g/mol. The van der Waals surface area contributed by atoms with E-state index in [0.29, 0.717) is 24.9 Å². The Labute approximate surface area is 353 Å². The van der Waals surface area contributed by atoms with Crippen LogP contribution in [0.2, 0.25) is 0 Å². The van der Waals surface area contributed by atoms with Gasteiger partial charge in [0.2, 0.25) is 0 Å². The van der Waals surface area contributed by atoms with Crippen LogP contribution < -0.4 is 5.82 Å². The highest BCUT2D eigenvalue weighted by Gasteiger charge is 2.33. The van der Waals surface area contributed by atoms with Crippen molar-refractivity contribution < 1.29 is 79.4 Å². The average Bonchev–Trinajstić information content (AvgIpc) is 3.55. The van der Waals surface area contributed by atoms with Gasteiger partial charge in [-0.3, -0.25) is 19.2 Å². The minimum Gasteiger partial charge on any atom is -0.463 e. The van der Waals surface area contributed by atoms with E-state index < -0.39 is 46.2 Å². The van der Waals surface area contributed by atoms with Crippen LogP contribution in [0.4, 0.5) is 13.2 Å². The molecule has 1 aromatic heterocycles. The molecule has 1 aliphatic rings. The standard InChI is InChI=1S/C10H14O5.C10H16O2.C8H16O3.C7H11F3O2.C7H14O3/c1-6-7(15-9(12)14-6)5-13-8(11)10(2,3)4;1-7-9(6-10(3,4)5)12-8(2)11-7;1-8(2,3)7(9)11-6-5-10-4;1-6(2,3)5(11)12-4-7(8,9)10;1-7(2,3)6(9)10-5-4-8/h5H2,1-4H3;2,6H2,1,3-5H3;5-6H2,1-4H3;4H2,1-3H3;8H,4-5H2,1-3H3. The lowest BCUT2D eigenvalue weighted by atomic mass is 9.91. The zero-order valence-electron chi connectivity index (χ0n) is 39.0. The molecule has 1 aromatic rings. The molecule has 0 radical (unpaired) electrons. The molecule has 350 valence electrons. The molecule has 15 nitrogen and oxygen atoms in total. The minimum absolute atomic E-state index is 0.0757. The summed E-state index contributed by atoms with van der Waals surface area (Å²) in [7, 11) is 1.57. The number of methoxy groups -OCH3 is 1. The van der Waals surface area contributed by atoms with E-state index in [1.165, 1.54) is 20.8 Å². The summed E-state index contributed by atoms with van der Waals surface area (Å²) in [6.07, 6.45) is -3.56. The van der Waals surface area contributed by atoms with Crippen LogP contribution in [-0.4, -0.2) is 75.3 Å². The maximum atomic E-state index is 11.5. The molecule has 60 heavy (non-hydrogen) atoms. The molecule has 0 saturated heterocycles. The SMILES string of the molecule is C=C1OC(C)=C(CC(C)(C)C)O1.CC(C)(C)C(=O)OCC(F)(F)F.CC(C)(C)C(=O)OCCO.COCCOC(=O)C(C)(C)C.Cc1oc(=O)oc1COC(=O)C(C)(C)C. The molecule has 0 bridgehead atoms. The number of hydrogen-bond acceptors (Lipinski definition) is 15. The first-order chi connectivity index (χ1) is 26.8. The number of aliphatic hydroxyl groups is 1. The quantitative estimate of drug-likeness (QED) is 0.140. The van der Waals surface area contributed by atoms with Crippen LogP contribution in [0, 0.1) is 34.0 Å². The van der Waals surface area contributed by atoms with Crippen LogP contribution in [0.15, 0.2) is 37.7 Å². The average molecular weight is 873 g/mol. The summed E-state index contributed by atoms with van der Waals surface area (Å²) < 4.78 is 77.6. The molecule has 0 amide bonds. The van der Waals surface area contributed by atoms with Gasteiger partial charge in [-0.25, -0.2) is 4.79 Å². The van der Waals surface area contributed by atoms with Gasteiger partial charge in [-0.05, 0) is 109 Å². The Morgan fingerprint density at radius 3 is 1.37 bits per heavy atom. The van der Waals surface area contributed by atoms with Gasteiger partial charge >= 0.3 is 35.9 Å². The van der Waals surface area contributed by atoms with Crippen LogP contribution in [0.5, 0.6) is 0 Å². The van der Waals surface area contributed by atoms with E-state index in [4.69, 9.17) is 28.8 Å². The third-order valence-electron chi connectivity index (χ3n) is 6.42. The summed E-state index contributed by atoms with van der Waals surface area (Å²) in [6.45, 7) is 33.2. The Morgan fingerprint density at radius 1 is 0.633 bits per heavy atom. The fourth-order valence-electron chi connectivity index (χ4n) is 3.11. The number of allylic oxidation sites excluding steroid dienone is 2. The first kappa shape index (κ1) is 60.0. The maximum Gasteiger partial charge on any atom is 0.519 e. The number of ether oxygens (including phenoxy) is 7. The van der Waals surface area contributed by atoms with Crippen molar-refractivity contribution >= 4 is 23.9 Å². The lowest BCUT2D eigenvalue weighted by Gasteiger charge is -2.17. The zero-order valence-corrected chi connectivity index (χ0v) is 39.0. The molecule has 0 unspecified atom stereocenters. The summed E-state index contributed by atoms with van der Waals surface area (Å²) >= 11 is 0. The molecule has 0 saturated carbocycles. The third-order valence-corrected chi connectivity index (χ3v) is 6.42. The van der Waals surface area contributed by atoms with Crippen LogP contribution in [0.3, 0.4) is 0 Å². The number of carbonyl (C=O) groups is 4. The fraction of sp³-hybridized carbons (Fsp3) is 0.738. The Hall–Kier alpha value is -4.32. The van der Waals surface area contributed by atoms with Crippen LogP contribution in [0.1, 0.15) is 129 Å². The highest BCUT2D eigenvalue weighted by atomic mass is 19.4. The van der Waals surface area contributed by atoms with Crippen molar-refractivity contribution in [3.05, 3.63) is 46.2 Å². The van der Waals surface area contributed by atoms with Gasteiger partial charge in [-0.1, -0.05) is 20.8 Å². The van der Waals surface area contributed by atoms with Crippen LogP contribution in [-0.2, 0) is 58.9 Å². The van der Waals surface area contributed by atoms with Crippen molar-refractivity contribution in [2.45, 2.75) is 137 Å². The van der Waals surface area contributed by atoms with Gasteiger partial charge in [0.25, 0.3) is 5.95 Å². The van der Waals surface area contributed by atoms with Gasteiger partial charge in [0.05, 0.1) is 34.9 Å². The zero-order chi connectivity index (χ0) is 48.1. The number of hydrogen-bond donors (Lipinski definition) is 1.